The van der Waals surface area contributed by atoms with Gasteiger partial charge in [-0.2, -0.15) is 5.10 Å². The van der Waals surface area contributed by atoms with Crippen molar-refractivity contribution in [3.63, 3.8) is 0 Å². The van der Waals surface area contributed by atoms with Crippen LogP contribution in [0, 0.1) is 0 Å². The summed E-state index contributed by atoms with van der Waals surface area (Å²) >= 11 is 0. The van der Waals surface area contributed by atoms with Crippen molar-refractivity contribution in [2.75, 3.05) is 26.2 Å². The summed E-state index contributed by atoms with van der Waals surface area (Å²) in [5.41, 5.74) is 2.22. The van der Waals surface area contributed by atoms with E-state index in [1.807, 2.05) is 54.6 Å². The van der Waals surface area contributed by atoms with Gasteiger partial charge in [0.15, 0.2) is 5.69 Å². The third-order valence-electron chi connectivity index (χ3n) is 4.90. The Kier molecular flexibility index (Phi) is 5.34. The molecule has 1 aliphatic heterocycles. The van der Waals surface area contributed by atoms with Gasteiger partial charge < -0.3 is 15.0 Å². The van der Waals surface area contributed by atoms with Gasteiger partial charge in [-0.1, -0.05) is 48.5 Å². The lowest BCUT2D eigenvalue weighted by molar-refractivity contribution is -0.138. The molecule has 144 valence electrons. The Bertz CT molecular complexity index is 970. The van der Waals surface area contributed by atoms with E-state index < -0.39 is 0 Å². The molecule has 0 aliphatic carbocycles. The number of carbonyl (C=O) groups is 2. The van der Waals surface area contributed by atoms with E-state index in [-0.39, 0.29) is 30.9 Å². The minimum Gasteiger partial charge on any atom is -0.370 e. The van der Waals surface area contributed by atoms with Gasteiger partial charge in [-0.05, 0) is 11.6 Å². The van der Waals surface area contributed by atoms with E-state index in [1.54, 1.807) is 4.90 Å². The summed E-state index contributed by atoms with van der Waals surface area (Å²) < 4.78 is 5.80. The lowest BCUT2D eigenvalue weighted by Crippen LogP contribution is -2.43. The largest absolute Gasteiger partial charge is 0.370 e. The lowest BCUT2D eigenvalue weighted by atomic mass is 10.1. The van der Waals surface area contributed by atoms with Crippen molar-refractivity contribution >= 4 is 22.7 Å². The molecule has 1 aromatic heterocycles. The predicted molar refractivity (Wildman–Crippen MR) is 105 cm³/mol. The monoisotopic (exact) mass is 378 g/mol. The van der Waals surface area contributed by atoms with E-state index in [2.05, 4.69) is 15.5 Å². The highest BCUT2D eigenvalue weighted by Gasteiger charge is 2.25. The van der Waals surface area contributed by atoms with Crippen LogP contribution in [0.15, 0.2) is 54.6 Å². The molecule has 1 aliphatic rings. The van der Waals surface area contributed by atoms with E-state index in [1.165, 1.54) is 0 Å². The van der Waals surface area contributed by atoms with Crippen molar-refractivity contribution in [2.45, 2.75) is 12.5 Å². The van der Waals surface area contributed by atoms with Crippen LogP contribution in [0.4, 0.5) is 0 Å². The molecule has 0 saturated carbocycles. The number of hydrogen-bond acceptors (Lipinski definition) is 4. The smallest absolute Gasteiger partial charge is 0.272 e. The predicted octanol–water partition coefficient (Wildman–Crippen LogP) is 2.28. The van der Waals surface area contributed by atoms with Crippen LogP contribution < -0.4 is 5.32 Å². The molecule has 7 heteroatoms. The first-order chi connectivity index (χ1) is 13.7. The van der Waals surface area contributed by atoms with Crippen molar-refractivity contribution in [3.05, 3.63) is 65.9 Å². The van der Waals surface area contributed by atoms with Gasteiger partial charge in [0.05, 0.1) is 18.7 Å². The summed E-state index contributed by atoms with van der Waals surface area (Å²) in [5.74, 6) is -0.272. The van der Waals surface area contributed by atoms with Gasteiger partial charge in [0.1, 0.15) is 6.10 Å². The summed E-state index contributed by atoms with van der Waals surface area (Å²) in [6.45, 7) is 1.88. The third-order valence-corrected chi connectivity index (χ3v) is 4.90. The van der Waals surface area contributed by atoms with Crippen molar-refractivity contribution in [3.8, 4) is 0 Å². The molecule has 28 heavy (non-hydrogen) atoms. The average Bonchev–Trinajstić information content (AvgIpc) is 3.18. The lowest BCUT2D eigenvalue weighted by Gasteiger charge is -2.33. The van der Waals surface area contributed by atoms with Crippen LogP contribution in [0.1, 0.15) is 28.6 Å². The average molecular weight is 378 g/mol. The fraction of sp³-hybridized carbons (Fsp3) is 0.286. The number of fused-ring (bicyclic) bond motifs is 1. The molecule has 0 spiro atoms. The van der Waals surface area contributed by atoms with E-state index in [0.717, 1.165) is 16.5 Å². The maximum Gasteiger partial charge on any atom is 0.272 e. The number of amides is 2. The molecule has 4 rings (SSSR count). The van der Waals surface area contributed by atoms with Crippen molar-refractivity contribution in [1.82, 2.24) is 20.4 Å². The SMILES string of the molecule is O=C(NCCC(=O)N1CCOC(c2ccccc2)C1)c1n[nH]c2ccccc12. The van der Waals surface area contributed by atoms with Crippen molar-refractivity contribution < 1.29 is 14.3 Å². The van der Waals surface area contributed by atoms with Crippen molar-refractivity contribution in [1.29, 1.82) is 0 Å². The molecule has 0 bridgehead atoms. The Balaban J connectivity index is 1.30. The number of benzene rings is 2. The van der Waals surface area contributed by atoms with Crippen LogP contribution in [0.5, 0.6) is 0 Å². The quantitative estimate of drug-likeness (QED) is 0.713. The van der Waals surface area contributed by atoms with Crippen LogP contribution in [0.2, 0.25) is 0 Å². The normalized spacial score (nSPS) is 16.9. The first-order valence-corrected chi connectivity index (χ1v) is 9.38. The van der Waals surface area contributed by atoms with Crippen LogP contribution >= 0.6 is 0 Å². The third kappa shape index (κ3) is 3.89. The zero-order valence-electron chi connectivity index (χ0n) is 15.4. The number of morpholine rings is 1. The molecule has 1 saturated heterocycles. The minimum absolute atomic E-state index is 0.0106. The molecule has 1 fully saturated rings. The Morgan fingerprint density at radius 3 is 2.79 bits per heavy atom. The van der Waals surface area contributed by atoms with Gasteiger partial charge >= 0.3 is 0 Å². The van der Waals surface area contributed by atoms with Crippen molar-refractivity contribution in [2.24, 2.45) is 0 Å². The maximum absolute atomic E-state index is 12.6. The zero-order chi connectivity index (χ0) is 19.3. The maximum atomic E-state index is 12.6. The van der Waals surface area contributed by atoms with Crippen LogP contribution in [0.25, 0.3) is 10.9 Å². The van der Waals surface area contributed by atoms with Gasteiger partial charge in [-0.3, -0.25) is 14.7 Å². The topological polar surface area (TPSA) is 87.3 Å². The van der Waals surface area contributed by atoms with E-state index in [0.29, 0.717) is 25.4 Å². The number of carbonyl (C=O) groups excluding carboxylic acids is 2. The molecule has 0 radical (unpaired) electrons. The Morgan fingerprint density at radius 2 is 1.93 bits per heavy atom. The van der Waals surface area contributed by atoms with Gasteiger partial charge in [0.25, 0.3) is 5.91 Å². The first-order valence-electron chi connectivity index (χ1n) is 9.38. The molecule has 3 aromatic rings. The first kappa shape index (κ1) is 18.2. The second-order valence-corrected chi connectivity index (χ2v) is 6.73. The second-order valence-electron chi connectivity index (χ2n) is 6.73. The number of nitrogens with zero attached hydrogens (tertiary/aromatic N) is 2. The number of aromatic amines is 1. The van der Waals surface area contributed by atoms with Gasteiger partial charge in [0, 0.05) is 24.9 Å². The minimum atomic E-state index is -0.283. The molecule has 1 unspecified atom stereocenters. The van der Waals surface area contributed by atoms with Gasteiger partial charge in [0.2, 0.25) is 5.91 Å². The summed E-state index contributed by atoms with van der Waals surface area (Å²) in [4.78, 5) is 26.7. The molecule has 1 atom stereocenters. The molecular formula is C21H22N4O3. The van der Waals surface area contributed by atoms with Gasteiger partial charge in [-0.15, -0.1) is 0 Å². The number of ether oxygens (including phenoxy) is 1. The second kappa shape index (κ2) is 8.22. The Hall–Kier alpha value is -3.19. The Labute approximate surface area is 162 Å². The fourth-order valence-electron chi connectivity index (χ4n) is 3.41. The molecule has 2 N–H and O–H groups in total. The summed E-state index contributed by atoms with van der Waals surface area (Å²) in [7, 11) is 0. The highest BCUT2D eigenvalue weighted by Crippen LogP contribution is 2.22. The van der Waals surface area contributed by atoms with Gasteiger partial charge in [-0.25, -0.2) is 0 Å². The van der Waals surface area contributed by atoms with Crippen LogP contribution in [-0.2, 0) is 9.53 Å². The van der Waals surface area contributed by atoms with Crippen LogP contribution in [-0.4, -0.2) is 53.2 Å². The fourth-order valence-corrected chi connectivity index (χ4v) is 3.41. The van der Waals surface area contributed by atoms with E-state index in [9.17, 15) is 9.59 Å². The highest BCUT2D eigenvalue weighted by molar-refractivity contribution is 6.04. The van der Waals surface area contributed by atoms with E-state index in [4.69, 9.17) is 4.74 Å². The van der Waals surface area contributed by atoms with Crippen LogP contribution in [0.3, 0.4) is 0 Å². The molecule has 2 aromatic carbocycles. The molecule has 2 heterocycles. The zero-order valence-corrected chi connectivity index (χ0v) is 15.4. The number of H-pyrrole nitrogens is 1. The summed E-state index contributed by atoms with van der Waals surface area (Å²) in [6.07, 6.45) is 0.138. The summed E-state index contributed by atoms with van der Waals surface area (Å²) in [5, 5.41) is 10.5. The molecule has 7 nitrogen and oxygen atoms in total. The number of para-hydroxylation sites is 1. The standard InChI is InChI=1S/C21H22N4O3/c26-19(25-12-13-28-18(14-25)15-6-2-1-3-7-15)10-11-22-21(27)20-16-8-4-5-9-17(16)23-24-20/h1-9,18H,10-14H2,(H,22,27)(H,23,24). The highest BCUT2D eigenvalue weighted by atomic mass is 16.5. The number of hydrogen-bond donors (Lipinski definition) is 2. The molecule has 2 amide bonds. The number of rotatable bonds is 5. The Morgan fingerprint density at radius 1 is 1.14 bits per heavy atom. The summed E-state index contributed by atoms with van der Waals surface area (Å²) in [6, 6.07) is 17.4. The molecular weight excluding hydrogens is 356 g/mol. The number of nitrogens with one attached hydrogen (secondary N) is 2. The van der Waals surface area contributed by atoms with E-state index >= 15 is 0 Å². The number of aromatic nitrogens is 2.